The molecule has 2 aromatic rings. The van der Waals surface area contributed by atoms with Crippen molar-refractivity contribution in [3.8, 4) is 11.4 Å². The van der Waals surface area contributed by atoms with Crippen LogP contribution in [-0.2, 0) is 0 Å². The van der Waals surface area contributed by atoms with Gasteiger partial charge < -0.3 is 5.11 Å². The van der Waals surface area contributed by atoms with Gasteiger partial charge in [0.25, 0.3) is 5.56 Å². The van der Waals surface area contributed by atoms with E-state index in [0.717, 1.165) is 10.9 Å². The Hall–Kier alpha value is -1.81. The Labute approximate surface area is 90.4 Å². The molecule has 1 aromatic carbocycles. The topological polar surface area (TPSA) is 55.1 Å². The smallest absolute Gasteiger partial charge is 0.294 e. The second-order valence-corrected chi connectivity index (χ2v) is 3.27. The highest BCUT2D eigenvalue weighted by atomic mass is 35.5. The highest BCUT2D eigenvalue weighted by molar-refractivity contribution is 6.31. The zero-order chi connectivity index (χ0) is 10.8. The van der Waals surface area contributed by atoms with Crippen molar-refractivity contribution < 1.29 is 5.11 Å². The number of aromatic nitrogens is 2. The number of hydrogen-bond acceptors (Lipinski definition) is 3. The van der Waals surface area contributed by atoms with Gasteiger partial charge >= 0.3 is 0 Å². The number of nitrogens with zero attached hydrogens (tertiary/aromatic N) is 2. The zero-order valence-electron chi connectivity index (χ0n) is 7.59. The van der Waals surface area contributed by atoms with Crippen LogP contribution in [0.3, 0.4) is 0 Å². The van der Waals surface area contributed by atoms with Crippen LogP contribution in [0.1, 0.15) is 0 Å². The Balaban J connectivity index is 2.66. The van der Waals surface area contributed by atoms with Gasteiger partial charge in [-0.1, -0.05) is 29.8 Å². The monoisotopic (exact) mass is 222 g/mol. The van der Waals surface area contributed by atoms with Crippen LogP contribution in [0.15, 0.2) is 41.3 Å². The van der Waals surface area contributed by atoms with Crippen molar-refractivity contribution in [2.45, 2.75) is 0 Å². The van der Waals surface area contributed by atoms with E-state index in [-0.39, 0.29) is 10.8 Å². The standard InChI is InChI=1S/C10H7ClN2O2/c11-9-8(14)6-12-13(10(9)15)7-4-2-1-3-5-7/h1-6,14H. The summed E-state index contributed by atoms with van der Waals surface area (Å²) in [5.74, 6) is -0.311. The van der Waals surface area contributed by atoms with Gasteiger partial charge in [0, 0.05) is 0 Å². The summed E-state index contributed by atoms with van der Waals surface area (Å²) in [7, 11) is 0. The number of halogens is 1. The van der Waals surface area contributed by atoms with Gasteiger partial charge in [0.15, 0.2) is 10.8 Å². The fourth-order valence-electron chi connectivity index (χ4n) is 1.18. The molecule has 0 saturated heterocycles. The van der Waals surface area contributed by atoms with Crippen molar-refractivity contribution in [3.63, 3.8) is 0 Å². The number of benzene rings is 1. The van der Waals surface area contributed by atoms with Gasteiger partial charge in [-0.25, -0.2) is 0 Å². The first-order valence-corrected chi connectivity index (χ1v) is 4.60. The molecule has 2 rings (SSSR count). The molecule has 1 N–H and O–H groups in total. The van der Waals surface area contributed by atoms with Gasteiger partial charge in [-0.2, -0.15) is 9.78 Å². The summed E-state index contributed by atoms with van der Waals surface area (Å²) in [5.41, 5.74) is 0.0623. The predicted molar refractivity (Wildman–Crippen MR) is 56.5 cm³/mol. The van der Waals surface area contributed by atoms with Gasteiger partial charge in [-0.3, -0.25) is 4.79 Å². The lowest BCUT2D eigenvalue weighted by molar-refractivity contribution is 0.467. The van der Waals surface area contributed by atoms with Crippen LogP contribution in [0.25, 0.3) is 5.69 Å². The quantitative estimate of drug-likeness (QED) is 0.797. The van der Waals surface area contributed by atoms with Crippen LogP contribution in [0.2, 0.25) is 5.02 Å². The lowest BCUT2D eigenvalue weighted by Gasteiger charge is -2.04. The molecule has 0 bridgehead atoms. The molecule has 5 heteroatoms. The molecule has 15 heavy (non-hydrogen) atoms. The molecular weight excluding hydrogens is 216 g/mol. The maximum absolute atomic E-state index is 11.6. The fraction of sp³-hybridized carbons (Fsp3) is 0. The van der Waals surface area contributed by atoms with E-state index < -0.39 is 5.56 Å². The highest BCUT2D eigenvalue weighted by Crippen LogP contribution is 2.16. The predicted octanol–water partition coefficient (Wildman–Crippen LogP) is 1.59. The molecule has 4 nitrogen and oxygen atoms in total. The molecular formula is C10H7ClN2O2. The van der Waals surface area contributed by atoms with Crippen molar-refractivity contribution in [2.24, 2.45) is 0 Å². The van der Waals surface area contributed by atoms with Crippen molar-refractivity contribution in [2.75, 3.05) is 0 Å². The number of hydrogen-bond donors (Lipinski definition) is 1. The molecule has 0 fully saturated rings. The molecule has 0 unspecified atom stereocenters. The van der Waals surface area contributed by atoms with E-state index in [1.165, 1.54) is 0 Å². The molecule has 0 aliphatic heterocycles. The van der Waals surface area contributed by atoms with Gasteiger partial charge in [0.1, 0.15) is 0 Å². The maximum Gasteiger partial charge on any atom is 0.294 e. The van der Waals surface area contributed by atoms with Crippen LogP contribution < -0.4 is 5.56 Å². The van der Waals surface area contributed by atoms with E-state index in [0.29, 0.717) is 5.69 Å². The molecule has 0 radical (unpaired) electrons. The van der Waals surface area contributed by atoms with Crippen LogP contribution in [0.5, 0.6) is 5.75 Å². The molecule has 0 spiro atoms. The van der Waals surface area contributed by atoms with Gasteiger partial charge in [-0.05, 0) is 12.1 Å². The minimum Gasteiger partial charge on any atom is -0.505 e. The Kier molecular flexibility index (Phi) is 2.43. The minimum atomic E-state index is -0.539. The van der Waals surface area contributed by atoms with Crippen LogP contribution >= 0.6 is 11.6 Å². The first-order valence-electron chi connectivity index (χ1n) is 4.22. The largest absolute Gasteiger partial charge is 0.505 e. The van der Waals surface area contributed by atoms with Crippen molar-refractivity contribution in [1.29, 1.82) is 0 Å². The summed E-state index contributed by atoms with van der Waals surface area (Å²) in [5, 5.41) is 12.7. The first-order chi connectivity index (χ1) is 7.20. The number of rotatable bonds is 1. The summed E-state index contributed by atoms with van der Waals surface area (Å²) in [6.07, 6.45) is 1.14. The molecule has 0 aliphatic carbocycles. The van der Waals surface area contributed by atoms with Crippen molar-refractivity contribution >= 4 is 11.6 Å². The normalized spacial score (nSPS) is 10.2. The van der Waals surface area contributed by atoms with Gasteiger partial charge in [0.05, 0.1) is 11.9 Å². The molecule has 0 saturated carbocycles. The molecule has 1 heterocycles. The first kappa shape index (κ1) is 9.73. The third-order valence-electron chi connectivity index (χ3n) is 1.90. The van der Waals surface area contributed by atoms with Crippen molar-refractivity contribution in [1.82, 2.24) is 9.78 Å². The Bertz CT molecular complexity index is 537. The summed E-state index contributed by atoms with van der Waals surface area (Å²) in [6, 6.07) is 8.84. The van der Waals surface area contributed by atoms with Gasteiger partial charge in [-0.15, -0.1) is 0 Å². The van der Waals surface area contributed by atoms with E-state index in [2.05, 4.69) is 5.10 Å². The summed E-state index contributed by atoms with van der Waals surface area (Å²) in [6.45, 7) is 0. The Morgan fingerprint density at radius 1 is 1.27 bits per heavy atom. The molecule has 0 atom stereocenters. The Morgan fingerprint density at radius 3 is 2.60 bits per heavy atom. The third-order valence-corrected chi connectivity index (χ3v) is 2.26. The summed E-state index contributed by atoms with van der Waals surface area (Å²) in [4.78, 5) is 11.6. The third kappa shape index (κ3) is 1.71. The SMILES string of the molecule is O=c1c(Cl)c(O)cnn1-c1ccccc1. The number of para-hydroxylation sites is 1. The summed E-state index contributed by atoms with van der Waals surface area (Å²) >= 11 is 5.61. The van der Waals surface area contributed by atoms with E-state index in [1.54, 1.807) is 24.3 Å². The number of aromatic hydroxyl groups is 1. The summed E-state index contributed by atoms with van der Waals surface area (Å²) < 4.78 is 1.13. The molecule has 0 amide bonds. The van der Waals surface area contributed by atoms with Gasteiger partial charge in [0.2, 0.25) is 0 Å². The minimum absolute atomic E-state index is 0.228. The van der Waals surface area contributed by atoms with Crippen LogP contribution in [0, 0.1) is 0 Å². The molecule has 1 aromatic heterocycles. The second kappa shape index (κ2) is 3.74. The van der Waals surface area contributed by atoms with E-state index >= 15 is 0 Å². The van der Waals surface area contributed by atoms with Crippen LogP contribution in [-0.4, -0.2) is 14.9 Å². The average molecular weight is 223 g/mol. The highest BCUT2D eigenvalue weighted by Gasteiger charge is 2.08. The van der Waals surface area contributed by atoms with Crippen LogP contribution in [0.4, 0.5) is 0 Å². The molecule has 76 valence electrons. The second-order valence-electron chi connectivity index (χ2n) is 2.90. The lowest BCUT2D eigenvalue weighted by atomic mass is 10.3. The molecule has 0 aliphatic rings. The lowest BCUT2D eigenvalue weighted by Crippen LogP contribution is -2.20. The van der Waals surface area contributed by atoms with E-state index in [1.807, 2.05) is 6.07 Å². The fourth-order valence-corrected chi connectivity index (χ4v) is 1.31. The Morgan fingerprint density at radius 2 is 1.93 bits per heavy atom. The van der Waals surface area contributed by atoms with E-state index in [9.17, 15) is 4.79 Å². The zero-order valence-corrected chi connectivity index (χ0v) is 8.35. The average Bonchev–Trinajstić information content (AvgIpc) is 2.27. The maximum atomic E-state index is 11.6. The van der Waals surface area contributed by atoms with E-state index in [4.69, 9.17) is 16.7 Å². The van der Waals surface area contributed by atoms with Crippen molar-refractivity contribution in [3.05, 3.63) is 51.9 Å².